The summed E-state index contributed by atoms with van der Waals surface area (Å²) in [5.41, 5.74) is 3.74. The van der Waals surface area contributed by atoms with Gasteiger partial charge in [-0.1, -0.05) is 125 Å². The fraction of sp³-hybridized carbons (Fsp3) is 0.455. The van der Waals surface area contributed by atoms with Crippen LogP contribution in [0.15, 0.2) is 77.4 Å². The number of carboxylic acids is 1. The van der Waals surface area contributed by atoms with Crippen molar-refractivity contribution in [3.05, 3.63) is 83.0 Å². The van der Waals surface area contributed by atoms with Crippen LogP contribution in [0.5, 0.6) is 0 Å². The number of hydrogen-bond acceptors (Lipinski definition) is 3. The Morgan fingerprint density at radius 1 is 0.865 bits per heavy atom. The number of aliphatic carboxylic acids is 1. The van der Waals surface area contributed by atoms with Crippen LogP contribution in [0.4, 0.5) is 5.69 Å². The lowest BCUT2D eigenvalue weighted by molar-refractivity contribution is -0.132. The highest BCUT2D eigenvalue weighted by Crippen LogP contribution is 2.17. The smallest absolute Gasteiger partial charge is 0.346 e. The van der Waals surface area contributed by atoms with Crippen LogP contribution in [0.3, 0.4) is 0 Å². The number of nitrogens with zero attached hydrogens (tertiary/aromatic N) is 2. The first-order valence-electron chi connectivity index (χ1n) is 13.7. The first-order chi connectivity index (χ1) is 17.9. The Hall–Kier alpha value is -3.32. The molecule has 37 heavy (non-hydrogen) atoms. The summed E-state index contributed by atoms with van der Waals surface area (Å²) < 4.78 is 0. The Morgan fingerprint density at radius 3 is 1.95 bits per heavy atom. The van der Waals surface area contributed by atoms with Crippen LogP contribution in [0.1, 0.15) is 90.5 Å². The van der Waals surface area contributed by atoms with Gasteiger partial charge in [-0.05, 0) is 43.5 Å². The standard InChI is InChI=1S/C33H46N2O2/c1-5-6-7-8-9-10-11-12-15-18-25-35(4)31-23-21-30(22-24-31)26-28(2)19-16-13-14-17-20-29(3)32(27-34)33(36)37/h13-14,16-17,19-24,26H,5-12,15,18,25H2,1-4H3,(H,36,37). The number of nitriles is 1. The third-order valence-corrected chi connectivity index (χ3v) is 6.33. The van der Waals surface area contributed by atoms with Gasteiger partial charge in [0.15, 0.2) is 0 Å². The van der Waals surface area contributed by atoms with E-state index in [1.807, 2.05) is 24.3 Å². The minimum atomic E-state index is -1.21. The first kappa shape index (κ1) is 31.7. The number of hydrogen-bond donors (Lipinski definition) is 1. The Kier molecular flexibility index (Phi) is 17.0. The summed E-state index contributed by atoms with van der Waals surface area (Å²) in [4.78, 5) is 13.3. The van der Waals surface area contributed by atoms with Crippen molar-refractivity contribution in [2.45, 2.75) is 85.0 Å². The van der Waals surface area contributed by atoms with Crippen molar-refractivity contribution in [2.75, 3.05) is 18.5 Å². The van der Waals surface area contributed by atoms with Crippen LogP contribution < -0.4 is 4.90 Å². The number of carboxylic acid groups (broad SMARTS) is 1. The lowest BCUT2D eigenvalue weighted by Gasteiger charge is -2.19. The van der Waals surface area contributed by atoms with Crippen LogP contribution in [0.2, 0.25) is 0 Å². The normalized spacial score (nSPS) is 12.9. The third-order valence-electron chi connectivity index (χ3n) is 6.33. The van der Waals surface area contributed by atoms with Gasteiger partial charge in [-0.2, -0.15) is 5.26 Å². The molecular weight excluding hydrogens is 456 g/mol. The summed E-state index contributed by atoms with van der Waals surface area (Å²) in [6.07, 6.45) is 26.8. The molecule has 1 N–H and O–H groups in total. The Morgan fingerprint density at radius 2 is 1.41 bits per heavy atom. The van der Waals surface area contributed by atoms with Crippen molar-refractivity contribution in [3.8, 4) is 6.07 Å². The molecule has 0 aliphatic heterocycles. The van der Waals surface area contributed by atoms with Crippen molar-refractivity contribution in [1.82, 2.24) is 0 Å². The van der Waals surface area contributed by atoms with Crippen molar-refractivity contribution in [3.63, 3.8) is 0 Å². The van der Waals surface area contributed by atoms with E-state index in [1.165, 1.54) is 75.5 Å². The van der Waals surface area contributed by atoms with Crippen LogP contribution in [0, 0.1) is 11.3 Å². The second-order valence-corrected chi connectivity index (χ2v) is 9.66. The van der Waals surface area contributed by atoms with Gasteiger partial charge in [0.05, 0.1) is 0 Å². The summed E-state index contributed by atoms with van der Waals surface area (Å²) in [6.45, 7) is 7.04. The summed E-state index contributed by atoms with van der Waals surface area (Å²) >= 11 is 0. The van der Waals surface area contributed by atoms with E-state index in [0.717, 1.165) is 12.1 Å². The van der Waals surface area contributed by atoms with Gasteiger partial charge in [0.2, 0.25) is 0 Å². The maximum Gasteiger partial charge on any atom is 0.346 e. The van der Waals surface area contributed by atoms with E-state index in [0.29, 0.717) is 5.57 Å². The van der Waals surface area contributed by atoms with E-state index in [9.17, 15) is 4.79 Å². The minimum Gasteiger partial charge on any atom is -0.477 e. The summed E-state index contributed by atoms with van der Waals surface area (Å²) in [5, 5.41) is 17.8. The summed E-state index contributed by atoms with van der Waals surface area (Å²) in [7, 11) is 2.17. The minimum absolute atomic E-state index is 0.241. The molecule has 0 atom stereocenters. The van der Waals surface area contributed by atoms with Crippen LogP contribution in [0.25, 0.3) is 6.08 Å². The molecule has 0 aliphatic carbocycles. The predicted molar refractivity (Wildman–Crippen MR) is 159 cm³/mol. The number of allylic oxidation sites excluding steroid dienone is 8. The quantitative estimate of drug-likeness (QED) is 0.0941. The lowest BCUT2D eigenvalue weighted by Crippen LogP contribution is -2.18. The molecule has 0 bridgehead atoms. The van der Waals surface area contributed by atoms with E-state index in [1.54, 1.807) is 25.1 Å². The zero-order valence-electron chi connectivity index (χ0n) is 23.4. The zero-order valence-corrected chi connectivity index (χ0v) is 23.4. The SMILES string of the molecule is CCCCCCCCCCCCN(C)c1ccc(C=C(C)C=CC=CC=CC(C)=C(C#N)C(=O)O)cc1. The third kappa shape index (κ3) is 14.7. The van der Waals surface area contributed by atoms with Crippen LogP contribution in [-0.2, 0) is 4.79 Å². The Balaban J connectivity index is 2.40. The van der Waals surface area contributed by atoms with Gasteiger partial charge in [0, 0.05) is 19.3 Å². The van der Waals surface area contributed by atoms with E-state index in [2.05, 4.69) is 56.1 Å². The van der Waals surface area contributed by atoms with Crippen molar-refractivity contribution in [2.24, 2.45) is 0 Å². The molecule has 0 aromatic heterocycles. The molecule has 0 heterocycles. The predicted octanol–water partition coefficient (Wildman–Crippen LogP) is 9.04. The van der Waals surface area contributed by atoms with Gasteiger partial charge in [0.1, 0.15) is 11.6 Å². The van der Waals surface area contributed by atoms with Crippen LogP contribution >= 0.6 is 0 Å². The molecule has 4 heteroatoms. The molecule has 0 aliphatic rings. The number of anilines is 1. The highest BCUT2D eigenvalue weighted by molar-refractivity contribution is 5.92. The average molecular weight is 503 g/mol. The summed E-state index contributed by atoms with van der Waals surface area (Å²) in [6, 6.07) is 10.4. The summed E-state index contributed by atoms with van der Waals surface area (Å²) in [5.74, 6) is -1.21. The van der Waals surface area contributed by atoms with E-state index in [-0.39, 0.29) is 5.57 Å². The molecular formula is C33H46N2O2. The molecule has 0 saturated heterocycles. The molecule has 0 saturated carbocycles. The molecule has 1 aromatic rings. The van der Waals surface area contributed by atoms with Crippen molar-refractivity contribution in [1.29, 1.82) is 5.26 Å². The highest BCUT2D eigenvalue weighted by atomic mass is 16.4. The topological polar surface area (TPSA) is 64.3 Å². The van der Waals surface area contributed by atoms with Crippen LogP contribution in [-0.4, -0.2) is 24.7 Å². The van der Waals surface area contributed by atoms with Crippen molar-refractivity contribution < 1.29 is 9.90 Å². The maximum atomic E-state index is 10.9. The number of unbranched alkanes of at least 4 members (excludes halogenated alkanes) is 9. The molecule has 0 fully saturated rings. The maximum absolute atomic E-state index is 10.9. The molecule has 1 rings (SSSR count). The van der Waals surface area contributed by atoms with Gasteiger partial charge in [-0.3, -0.25) is 0 Å². The molecule has 0 spiro atoms. The van der Waals surface area contributed by atoms with E-state index < -0.39 is 5.97 Å². The monoisotopic (exact) mass is 502 g/mol. The van der Waals surface area contributed by atoms with E-state index >= 15 is 0 Å². The Bertz CT molecular complexity index is 988. The number of carbonyl (C=O) groups is 1. The Labute approximate surface area is 225 Å². The lowest BCUT2D eigenvalue weighted by atomic mass is 10.1. The molecule has 0 amide bonds. The largest absolute Gasteiger partial charge is 0.477 e. The van der Waals surface area contributed by atoms with Gasteiger partial charge >= 0.3 is 5.97 Å². The van der Waals surface area contributed by atoms with Gasteiger partial charge in [0.25, 0.3) is 0 Å². The van der Waals surface area contributed by atoms with Gasteiger partial charge in [-0.15, -0.1) is 0 Å². The number of benzene rings is 1. The molecule has 0 unspecified atom stereocenters. The van der Waals surface area contributed by atoms with Gasteiger partial charge in [-0.25, -0.2) is 4.79 Å². The molecule has 0 radical (unpaired) electrons. The number of rotatable bonds is 18. The van der Waals surface area contributed by atoms with Crippen molar-refractivity contribution >= 4 is 17.7 Å². The second-order valence-electron chi connectivity index (χ2n) is 9.66. The average Bonchev–Trinajstić information content (AvgIpc) is 2.87. The molecule has 1 aromatic carbocycles. The molecule has 4 nitrogen and oxygen atoms in total. The van der Waals surface area contributed by atoms with Gasteiger partial charge < -0.3 is 10.0 Å². The fourth-order valence-electron chi connectivity index (χ4n) is 4.03. The molecule has 200 valence electrons. The zero-order chi connectivity index (χ0) is 27.3. The fourth-order valence-corrected chi connectivity index (χ4v) is 4.03. The van der Waals surface area contributed by atoms with E-state index in [4.69, 9.17) is 10.4 Å². The second kappa shape index (κ2) is 19.8. The first-order valence-corrected chi connectivity index (χ1v) is 13.7. The highest BCUT2D eigenvalue weighted by Gasteiger charge is 2.07.